The number of nitrogens with zero attached hydrogens (tertiary/aromatic N) is 2. The lowest BCUT2D eigenvalue weighted by molar-refractivity contribution is -0.137. The van der Waals surface area contributed by atoms with E-state index in [9.17, 15) is 10.1 Å². The van der Waals surface area contributed by atoms with Crippen LogP contribution in [0.5, 0.6) is 5.75 Å². The van der Waals surface area contributed by atoms with Crippen molar-refractivity contribution in [2.24, 2.45) is 0 Å². The van der Waals surface area contributed by atoms with E-state index >= 15 is 0 Å². The second-order valence-electron chi connectivity index (χ2n) is 5.37. The number of hydrogen-bond donors (Lipinski definition) is 0. The van der Waals surface area contributed by atoms with Crippen LogP contribution < -0.4 is 4.74 Å². The number of aryl methyl sites for hydroxylation is 1. The Bertz CT molecular complexity index is 876. The molecule has 0 bridgehead atoms. The van der Waals surface area contributed by atoms with Crippen LogP contribution in [0.1, 0.15) is 23.9 Å². The number of hydrogen-bond acceptors (Lipinski definition) is 4. The third kappa shape index (κ3) is 3.86. The molecule has 0 saturated carbocycles. The molecule has 5 nitrogen and oxygen atoms in total. The van der Waals surface area contributed by atoms with Crippen molar-refractivity contribution < 1.29 is 14.3 Å². The molecule has 6 heteroatoms. The summed E-state index contributed by atoms with van der Waals surface area (Å²) >= 11 is 6.22. The molecule has 1 heterocycles. The summed E-state index contributed by atoms with van der Waals surface area (Å²) in [6.45, 7) is 5.78. The van der Waals surface area contributed by atoms with Gasteiger partial charge in [-0.3, -0.25) is 0 Å². The summed E-state index contributed by atoms with van der Waals surface area (Å²) in [5.41, 5.74) is 3.45. The Morgan fingerprint density at radius 3 is 2.64 bits per heavy atom. The second-order valence-corrected chi connectivity index (χ2v) is 5.78. The number of carbonyl (C=O) groups is 1. The summed E-state index contributed by atoms with van der Waals surface area (Å²) in [6.07, 6.45) is 1.54. The van der Waals surface area contributed by atoms with Crippen LogP contribution in [0.25, 0.3) is 11.8 Å². The fourth-order valence-corrected chi connectivity index (χ4v) is 2.88. The fourth-order valence-electron chi connectivity index (χ4n) is 2.63. The molecular formula is C19H19ClN2O3. The zero-order valence-electron chi connectivity index (χ0n) is 14.6. The van der Waals surface area contributed by atoms with Crippen LogP contribution in [0, 0.1) is 25.2 Å². The van der Waals surface area contributed by atoms with E-state index in [1.54, 1.807) is 26.2 Å². The first kappa shape index (κ1) is 18.6. The Morgan fingerprint density at radius 1 is 1.36 bits per heavy atom. The Balaban J connectivity index is 2.50. The van der Waals surface area contributed by atoms with E-state index in [4.69, 9.17) is 21.1 Å². The molecule has 0 saturated heterocycles. The van der Waals surface area contributed by atoms with Crippen molar-refractivity contribution in [3.63, 3.8) is 0 Å². The lowest BCUT2D eigenvalue weighted by Crippen LogP contribution is -2.06. The van der Waals surface area contributed by atoms with E-state index in [2.05, 4.69) is 0 Å². The number of ether oxygens (including phenoxy) is 2. The topological polar surface area (TPSA) is 64.2 Å². The van der Waals surface area contributed by atoms with Crippen molar-refractivity contribution >= 4 is 23.6 Å². The summed E-state index contributed by atoms with van der Waals surface area (Å²) in [5.74, 6) is -0.0237. The zero-order valence-corrected chi connectivity index (χ0v) is 15.3. The number of aromatic nitrogens is 1. The first-order valence-electron chi connectivity index (χ1n) is 7.74. The van der Waals surface area contributed by atoms with Gasteiger partial charge in [-0.25, -0.2) is 4.79 Å². The summed E-state index contributed by atoms with van der Waals surface area (Å²) in [5, 5.41) is 9.71. The van der Waals surface area contributed by atoms with Gasteiger partial charge in [-0.1, -0.05) is 11.6 Å². The SMILES string of the molecule is CCOC(=O)/C(C#N)=C/c1cc(C)n(-c2ccc(OC)c(Cl)c2)c1C. The van der Waals surface area contributed by atoms with Gasteiger partial charge in [-0.05, 0) is 56.7 Å². The maximum absolute atomic E-state index is 11.8. The predicted molar refractivity (Wildman–Crippen MR) is 97.0 cm³/mol. The minimum absolute atomic E-state index is 0.0325. The van der Waals surface area contributed by atoms with Crippen LogP contribution in [-0.2, 0) is 9.53 Å². The van der Waals surface area contributed by atoms with Crippen LogP contribution in [0.4, 0.5) is 0 Å². The third-order valence-electron chi connectivity index (χ3n) is 3.78. The highest BCUT2D eigenvalue weighted by Gasteiger charge is 2.15. The van der Waals surface area contributed by atoms with Crippen LogP contribution in [-0.4, -0.2) is 24.3 Å². The van der Waals surface area contributed by atoms with Crippen LogP contribution in [0.2, 0.25) is 5.02 Å². The number of halogens is 1. The number of rotatable bonds is 5. The largest absolute Gasteiger partial charge is 0.495 e. The van der Waals surface area contributed by atoms with Crippen LogP contribution in [0.15, 0.2) is 29.8 Å². The summed E-state index contributed by atoms with van der Waals surface area (Å²) < 4.78 is 12.1. The van der Waals surface area contributed by atoms with Gasteiger partial charge in [-0.15, -0.1) is 0 Å². The molecular weight excluding hydrogens is 340 g/mol. The van der Waals surface area contributed by atoms with Crippen molar-refractivity contribution in [1.29, 1.82) is 5.26 Å². The van der Waals surface area contributed by atoms with E-state index in [-0.39, 0.29) is 12.2 Å². The van der Waals surface area contributed by atoms with E-state index < -0.39 is 5.97 Å². The molecule has 0 N–H and O–H groups in total. The molecule has 0 unspecified atom stereocenters. The van der Waals surface area contributed by atoms with Crippen LogP contribution in [0.3, 0.4) is 0 Å². The highest BCUT2D eigenvalue weighted by Crippen LogP contribution is 2.29. The molecule has 0 amide bonds. The van der Waals surface area contributed by atoms with Crippen molar-refractivity contribution in [2.75, 3.05) is 13.7 Å². The first-order valence-corrected chi connectivity index (χ1v) is 8.12. The average Bonchev–Trinajstić information content (AvgIpc) is 2.86. The highest BCUT2D eigenvalue weighted by molar-refractivity contribution is 6.32. The molecule has 0 fully saturated rings. The van der Waals surface area contributed by atoms with Gasteiger partial charge in [0.05, 0.1) is 18.7 Å². The van der Waals surface area contributed by atoms with Crippen molar-refractivity contribution in [1.82, 2.24) is 4.57 Å². The minimum Gasteiger partial charge on any atom is -0.495 e. The molecule has 0 aliphatic carbocycles. The zero-order chi connectivity index (χ0) is 18.6. The minimum atomic E-state index is -0.623. The molecule has 2 rings (SSSR count). The molecule has 25 heavy (non-hydrogen) atoms. The fraction of sp³-hybridized carbons (Fsp3) is 0.263. The van der Waals surface area contributed by atoms with Gasteiger partial charge in [0, 0.05) is 17.1 Å². The Hall–Kier alpha value is -2.71. The van der Waals surface area contributed by atoms with Gasteiger partial charge in [0.25, 0.3) is 0 Å². The molecule has 0 atom stereocenters. The Morgan fingerprint density at radius 2 is 2.08 bits per heavy atom. The number of methoxy groups -OCH3 is 1. The Labute approximate surface area is 152 Å². The van der Waals surface area contributed by atoms with Gasteiger partial charge in [0.15, 0.2) is 0 Å². The van der Waals surface area contributed by atoms with E-state index in [1.807, 2.05) is 42.7 Å². The monoisotopic (exact) mass is 358 g/mol. The normalized spacial score (nSPS) is 11.1. The molecule has 2 aromatic rings. The molecule has 1 aromatic carbocycles. The van der Waals surface area contributed by atoms with E-state index in [0.29, 0.717) is 10.8 Å². The predicted octanol–water partition coefficient (Wildman–Crippen LogP) is 4.23. The van der Waals surface area contributed by atoms with Gasteiger partial charge in [-0.2, -0.15) is 5.26 Å². The van der Waals surface area contributed by atoms with E-state index in [1.165, 1.54) is 0 Å². The molecule has 0 aliphatic rings. The third-order valence-corrected chi connectivity index (χ3v) is 4.07. The van der Waals surface area contributed by atoms with Gasteiger partial charge in [0.2, 0.25) is 0 Å². The summed E-state index contributed by atoms with van der Waals surface area (Å²) in [6, 6.07) is 9.31. The number of esters is 1. The number of nitriles is 1. The van der Waals surface area contributed by atoms with Gasteiger partial charge < -0.3 is 14.0 Å². The van der Waals surface area contributed by atoms with E-state index in [0.717, 1.165) is 22.6 Å². The summed E-state index contributed by atoms with van der Waals surface area (Å²) in [7, 11) is 1.56. The molecule has 1 aromatic heterocycles. The van der Waals surface area contributed by atoms with Crippen molar-refractivity contribution in [2.45, 2.75) is 20.8 Å². The number of benzene rings is 1. The standard InChI is InChI=1S/C19H19ClN2O3/c1-5-25-19(23)15(11-21)9-14-8-12(2)22(13(14)3)16-6-7-18(24-4)17(20)10-16/h6-10H,5H2,1-4H3/b15-9+. The first-order chi connectivity index (χ1) is 11.9. The summed E-state index contributed by atoms with van der Waals surface area (Å²) in [4.78, 5) is 11.8. The molecule has 0 radical (unpaired) electrons. The molecule has 130 valence electrons. The Kier molecular flexibility index (Phi) is 5.89. The second kappa shape index (κ2) is 7.91. The van der Waals surface area contributed by atoms with Crippen molar-refractivity contribution in [3.8, 4) is 17.5 Å². The lowest BCUT2D eigenvalue weighted by Gasteiger charge is -2.12. The maximum atomic E-state index is 11.8. The smallest absolute Gasteiger partial charge is 0.348 e. The molecule has 0 aliphatic heterocycles. The molecule has 0 spiro atoms. The van der Waals surface area contributed by atoms with Gasteiger partial charge in [0.1, 0.15) is 17.4 Å². The van der Waals surface area contributed by atoms with Crippen LogP contribution >= 0.6 is 11.6 Å². The lowest BCUT2D eigenvalue weighted by atomic mass is 10.1. The quantitative estimate of drug-likeness (QED) is 0.456. The van der Waals surface area contributed by atoms with Gasteiger partial charge >= 0.3 is 5.97 Å². The average molecular weight is 359 g/mol. The highest BCUT2D eigenvalue weighted by atomic mass is 35.5. The maximum Gasteiger partial charge on any atom is 0.348 e. The van der Waals surface area contributed by atoms with Crippen molar-refractivity contribution in [3.05, 3.63) is 51.8 Å². The number of carbonyl (C=O) groups excluding carboxylic acids is 1.